The summed E-state index contributed by atoms with van der Waals surface area (Å²) in [7, 11) is 0. The molecular weight excluding hydrogens is 228 g/mol. The molecule has 3 N–H and O–H groups in total. The normalized spacial score (nSPS) is 10.2. The van der Waals surface area contributed by atoms with Crippen molar-refractivity contribution in [3.63, 3.8) is 0 Å². The van der Waals surface area contributed by atoms with E-state index in [4.69, 9.17) is 15.3 Å². The van der Waals surface area contributed by atoms with Gasteiger partial charge in [-0.3, -0.25) is 9.59 Å². The summed E-state index contributed by atoms with van der Waals surface area (Å²) in [5, 5.41) is 26.1. The molecule has 0 aliphatic carbocycles. The number of aromatic carboxylic acids is 1. The van der Waals surface area contributed by atoms with Crippen molar-refractivity contribution in [1.29, 1.82) is 0 Å². The highest BCUT2D eigenvalue weighted by molar-refractivity contribution is 5.93. The van der Waals surface area contributed by atoms with Crippen LogP contribution in [0.3, 0.4) is 0 Å². The molecule has 0 bridgehead atoms. The summed E-state index contributed by atoms with van der Waals surface area (Å²) in [5.41, 5.74) is 0.358. The van der Waals surface area contributed by atoms with E-state index >= 15 is 0 Å². The molecule has 1 aromatic carbocycles. The van der Waals surface area contributed by atoms with Crippen LogP contribution in [0.25, 0.3) is 0 Å². The second-order valence-corrected chi connectivity index (χ2v) is 3.44. The summed E-state index contributed by atoms with van der Waals surface area (Å²) in [6, 6.07) is 5.55. The van der Waals surface area contributed by atoms with Crippen LogP contribution in [0.5, 0.6) is 0 Å². The lowest BCUT2D eigenvalue weighted by molar-refractivity contribution is -0.154. The van der Waals surface area contributed by atoms with Crippen LogP contribution in [-0.4, -0.2) is 33.2 Å². The minimum atomic E-state index is -1.57. The highest BCUT2D eigenvalue weighted by atomic mass is 16.4. The zero-order valence-electron chi connectivity index (χ0n) is 8.66. The lowest BCUT2D eigenvalue weighted by Gasteiger charge is -2.07. The van der Waals surface area contributed by atoms with Gasteiger partial charge in [0.25, 0.3) is 0 Å². The lowest BCUT2D eigenvalue weighted by Crippen LogP contribution is -2.25. The maximum absolute atomic E-state index is 10.7. The van der Waals surface area contributed by atoms with Gasteiger partial charge in [-0.2, -0.15) is 0 Å². The molecule has 0 saturated carbocycles. The van der Waals surface area contributed by atoms with E-state index in [2.05, 4.69) is 0 Å². The van der Waals surface area contributed by atoms with Crippen molar-refractivity contribution in [2.24, 2.45) is 5.92 Å². The Labute approximate surface area is 96.1 Å². The second-order valence-electron chi connectivity index (χ2n) is 3.44. The maximum Gasteiger partial charge on any atom is 0.335 e. The van der Waals surface area contributed by atoms with Gasteiger partial charge in [0.2, 0.25) is 0 Å². The smallest absolute Gasteiger partial charge is 0.335 e. The first-order chi connectivity index (χ1) is 7.91. The first-order valence-corrected chi connectivity index (χ1v) is 4.69. The molecule has 0 fully saturated rings. The fourth-order valence-electron chi connectivity index (χ4n) is 1.35. The van der Waals surface area contributed by atoms with E-state index in [-0.39, 0.29) is 12.0 Å². The fourth-order valence-corrected chi connectivity index (χ4v) is 1.35. The Bertz CT molecular complexity index is 451. The standard InChI is InChI=1S/C11H10O6/c12-9(13)7-3-1-2-6(4-7)5-8(10(14)15)11(16)17/h1-4,8H,5H2,(H,12,13)(H,14,15)(H,16,17). The van der Waals surface area contributed by atoms with Gasteiger partial charge in [-0.05, 0) is 24.1 Å². The molecule has 17 heavy (non-hydrogen) atoms. The Balaban J connectivity index is 2.94. The zero-order valence-corrected chi connectivity index (χ0v) is 8.66. The molecule has 1 rings (SSSR count). The Kier molecular flexibility index (Phi) is 3.82. The molecule has 0 spiro atoms. The van der Waals surface area contributed by atoms with Crippen LogP contribution in [0.15, 0.2) is 24.3 Å². The second kappa shape index (κ2) is 5.11. The molecule has 6 heteroatoms. The molecule has 0 saturated heterocycles. The molecule has 0 atom stereocenters. The number of carboxylic acid groups (broad SMARTS) is 3. The Morgan fingerprint density at radius 3 is 2.12 bits per heavy atom. The predicted molar refractivity (Wildman–Crippen MR) is 55.9 cm³/mol. The van der Waals surface area contributed by atoms with Crippen molar-refractivity contribution in [3.05, 3.63) is 35.4 Å². The molecule has 0 aromatic heterocycles. The third kappa shape index (κ3) is 3.30. The third-order valence-corrected chi connectivity index (χ3v) is 2.21. The summed E-state index contributed by atoms with van der Waals surface area (Å²) in [6.45, 7) is 0. The number of hydrogen-bond acceptors (Lipinski definition) is 3. The highest BCUT2D eigenvalue weighted by Crippen LogP contribution is 2.12. The average Bonchev–Trinajstić information content (AvgIpc) is 2.25. The number of rotatable bonds is 5. The largest absolute Gasteiger partial charge is 0.481 e. The van der Waals surface area contributed by atoms with Crippen LogP contribution in [0.1, 0.15) is 15.9 Å². The molecular formula is C11H10O6. The molecule has 0 radical (unpaired) electrons. The molecule has 6 nitrogen and oxygen atoms in total. The van der Waals surface area contributed by atoms with Gasteiger partial charge in [-0.1, -0.05) is 12.1 Å². The van der Waals surface area contributed by atoms with Gasteiger partial charge in [0, 0.05) is 0 Å². The van der Waals surface area contributed by atoms with E-state index < -0.39 is 23.8 Å². The van der Waals surface area contributed by atoms with Gasteiger partial charge in [-0.25, -0.2) is 4.79 Å². The number of aliphatic carboxylic acids is 2. The maximum atomic E-state index is 10.7. The Morgan fingerprint density at radius 1 is 1.06 bits per heavy atom. The highest BCUT2D eigenvalue weighted by Gasteiger charge is 2.26. The van der Waals surface area contributed by atoms with Crippen LogP contribution < -0.4 is 0 Å². The number of benzene rings is 1. The number of carbonyl (C=O) groups is 3. The third-order valence-electron chi connectivity index (χ3n) is 2.21. The van der Waals surface area contributed by atoms with Crippen molar-refractivity contribution in [2.45, 2.75) is 6.42 Å². The first kappa shape index (κ1) is 12.7. The molecule has 0 amide bonds. The first-order valence-electron chi connectivity index (χ1n) is 4.69. The van der Waals surface area contributed by atoms with Crippen LogP contribution in [0, 0.1) is 5.92 Å². The number of carboxylic acids is 3. The predicted octanol–water partition coefficient (Wildman–Crippen LogP) is 0.713. The van der Waals surface area contributed by atoms with Crippen LogP contribution in [-0.2, 0) is 16.0 Å². The van der Waals surface area contributed by atoms with Crippen molar-refractivity contribution in [1.82, 2.24) is 0 Å². The van der Waals surface area contributed by atoms with Crippen molar-refractivity contribution < 1.29 is 29.7 Å². The van der Waals surface area contributed by atoms with Crippen LogP contribution >= 0.6 is 0 Å². The van der Waals surface area contributed by atoms with Crippen LogP contribution in [0.4, 0.5) is 0 Å². The quantitative estimate of drug-likeness (QED) is 0.651. The molecule has 0 heterocycles. The molecule has 0 aliphatic rings. The van der Waals surface area contributed by atoms with E-state index in [1.165, 1.54) is 24.3 Å². The lowest BCUT2D eigenvalue weighted by atomic mass is 9.98. The zero-order chi connectivity index (χ0) is 13.0. The van der Waals surface area contributed by atoms with Gasteiger partial charge in [-0.15, -0.1) is 0 Å². The van der Waals surface area contributed by atoms with Gasteiger partial charge >= 0.3 is 17.9 Å². The van der Waals surface area contributed by atoms with Gasteiger partial charge in [0.15, 0.2) is 5.92 Å². The fraction of sp³-hybridized carbons (Fsp3) is 0.182. The summed E-state index contributed by atoms with van der Waals surface area (Å²) in [5.74, 6) is -5.61. The molecule has 90 valence electrons. The van der Waals surface area contributed by atoms with E-state index in [9.17, 15) is 14.4 Å². The topological polar surface area (TPSA) is 112 Å². The molecule has 0 aliphatic heterocycles. The van der Waals surface area contributed by atoms with Gasteiger partial charge < -0.3 is 15.3 Å². The summed E-state index contributed by atoms with van der Waals surface area (Å²) in [6.07, 6.45) is -0.244. The van der Waals surface area contributed by atoms with Gasteiger partial charge in [0.1, 0.15) is 0 Å². The minimum Gasteiger partial charge on any atom is -0.481 e. The van der Waals surface area contributed by atoms with E-state index in [1.54, 1.807) is 0 Å². The summed E-state index contributed by atoms with van der Waals surface area (Å²) in [4.78, 5) is 32.0. The minimum absolute atomic E-state index is 0.00275. The van der Waals surface area contributed by atoms with Crippen molar-refractivity contribution in [2.75, 3.05) is 0 Å². The van der Waals surface area contributed by atoms with E-state index in [0.29, 0.717) is 5.56 Å². The SMILES string of the molecule is O=C(O)c1cccc(CC(C(=O)O)C(=O)O)c1. The monoisotopic (exact) mass is 238 g/mol. The Hall–Kier alpha value is -2.37. The van der Waals surface area contributed by atoms with Crippen molar-refractivity contribution in [3.8, 4) is 0 Å². The van der Waals surface area contributed by atoms with Gasteiger partial charge in [0.05, 0.1) is 5.56 Å². The average molecular weight is 238 g/mol. The summed E-state index contributed by atoms with van der Waals surface area (Å²) >= 11 is 0. The van der Waals surface area contributed by atoms with E-state index in [0.717, 1.165) is 0 Å². The van der Waals surface area contributed by atoms with Crippen LogP contribution in [0.2, 0.25) is 0 Å². The molecule has 1 aromatic rings. The van der Waals surface area contributed by atoms with Crippen molar-refractivity contribution >= 4 is 17.9 Å². The molecule has 0 unspecified atom stereocenters. The Morgan fingerprint density at radius 2 is 1.65 bits per heavy atom. The van der Waals surface area contributed by atoms with E-state index in [1.807, 2.05) is 0 Å². The number of hydrogen-bond donors (Lipinski definition) is 3. The summed E-state index contributed by atoms with van der Waals surface area (Å²) < 4.78 is 0.